The van der Waals surface area contributed by atoms with Gasteiger partial charge in [0.25, 0.3) is 0 Å². The first kappa shape index (κ1) is 15.3. The Labute approximate surface area is 121 Å². The van der Waals surface area contributed by atoms with Crippen molar-refractivity contribution in [1.29, 1.82) is 0 Å². The van der Waals surface area contributed by atoms with E-state index >= 15 is 0 Å². The van der Waals surface area contributed by atoms with Gasteiger partial charge in [0.1, 0.15) is 0 Å². The third-order valence-electron chi connectivity index (χ3n) is 3.86. The molecule has 0 radical (unpaired) electrons. The van der Waals surface area contributed by atoms with Crippen LogP contribution in [0.1, 0.15) is 31.2 Å². The summed E-state index contributed by atoms with van der Waals surface area (Å²) in [5.74, 6) is 0.962. The van der Waals surface area contributed by atoms with E-state index in [9.17, 15) is 8.42 Å². The number of hydrogen-bond acceptors (Lipinski definition) is 4. The lowest BCUT2D eigenvalue weighted by Crippen LogP contribution is -2.29. The maximum absolute atomic E-state index is 11.9. The number of rotatable bonds is 7. The summed E-state index contributed by atoms with van der Waals surface area (Å²) in [6.07, 6.45) is 1.64. The molecular formula is C15H24N2O2S. The van der Waals surface area contributed by atoms with Gasteiger partial charge in [-0.1, -0.05) is 25.1 Å². The normalized spacial score (nSPS) is 18.3. The topological polar surface area (TPSA) is 63.4 Å². The summed E-state index contributed by atoms with van der Waals surface area (Å²) < 4.78 is 23.7. The zero-order chi connectivity index (χ0) is 14.6. The summed E-state index contributed by atoms with van der Waals surface area (Å²) in [6, 6.07) is 8.27. The molecule has 0 saturated carbocycles. The third-order valence-corrected chi connectivity index (χ3v) is 5.70. The highest BCUT2D eigenvalue weighted by molar-refractivity contribution is 7.91. The highest BCUT2D eigenvalue weighted by Crippen LogP contribution is 2.37. The highest BCUT2D eigenvalue weighted by atomic mass is 32.2. The monoisotopic (exact) mass is 296 g/mol. The molecule has 1 atom stereocenters. The van der Waals surface area contributed by atoms with Crippen molar-refractivity contribution in [3.63, 3.8) is 0 Å². The minimum absolute atomic E-state index is 0.241. The molecule has 1 aliphatic rings. The van der Waals surface area contributed by atoms with Crippen LogP contribution in [0.4, 0.5) is 5.69 Å². The minimum atomic E-state index is -2.92. The zero-order valence-electron chi connectivity index (χ0n) is 12.1. The standard InChI is InChI=1S/C15H24N2O2S/c1-2-10-20(18,19)11-9-17-12-13(7-8-16)14-5-3-4-6-15(14)17/h3-6,13H,2,7-12,16H2,1H3. The van der Waals surface area contributed by atoms with Crippen LogP contribution >= 0.6 is 0 Å². The Balaban J connectivity index is 2.07. The SMILES string of the molecule is CCCS(=O)(=O)CCN1CC(CCN)c2ccccc21. The van der Waals surface area contributed by atoms with Gasteiger partial charge in [-0.3, -0.25) is 0 Å². The Morgan fingerprint density at radius 2 is 2.05 bits per heavy atom. The first-order valence-corrected chi connectivity index (χ1v) is 9.14. The number of nitrogens with two attached hydrogens (primary N) is 1. The molecule has 20 heavy (non-hydrogen) atoms. The van der Waals surface area contributed by atoms with Gasteiger partial charge in [0.05, 0.1) is 5.75 Å². The van der Waals surface area contributed by atoms with E-state index in [1.54, 1.807) is 0 Å². The van der Waals surface area contributed by atoms with Gasteiger partial charge in [0, 0.05) is 30.4 Å². The molecule has 1 unspecified atom stereocenters. The first-order chi connectivity index (χ1) is 9.57. The molecule has 2 rings (SSSR count). The Bertz CT molecular complexity index is 543. The van der Waals surface area contributed by atoms with Gasteiger partial charge in [-0.15, -0.1) is 0 Å². The van der Waals surface area contributed by atoms with Crippen LogP contribution in [-0.4, -0.2) is 39.6 Å². The van der Waals surface area contributed by atoms with Crippen LogP contribution in [0.5, 0.6) is 0 Å². The van der Waals surface area contributed by atoms with Crippen molar-refractivity contribution in [2.75, 3.05) is 36.0 Å². The molecule has 1 aromatic carbocycles. The van der Waals surface area contributed by atoms with E-state index in [-0.39, 0.29) is 11.5 Å². The number of benzene rings is 1. The van der Waals surface area contributed by atoms with Gasteiger partial charge in [-0.05, 0) is 31.0 Å². The summed E-state index contributed by atoms with van der Waals surface area (Å²) in [7, 11) is -2.92. The summed E-state index contributed by atoms with van der Waals surface area (Å²) in [5.41, 5.74) is 8.17. The quantitative estimate of drug-likeness (QED) is 0.833. The van der Waals surface area contributed by atoms with Gasteiger partial charge in [-0.2, -0.15) is 0 Å². The molecule has 0 aromatic heterocycles. The molecule has 112 valence electrons. The van der Waals surface area contributed by atoms with Crippen molar-refractivity contribution >= 4 is 15.5 Å². The predicted molar refractivity (Wildman–Crippen MR) is 84.0 cm³/mol. The molecule has 0 saturated heterocycles. The number of nitrogens with zero attached hydrogens (tertiary/aromatic N) is 1. The lowest BCUT2D eigenvalue weighted by molar-refractivity contribution is 0.591. The Hall–Kier alpha value is -1.07. The summed E-state index contributed by atoms with van der Waals surface area (Å²) in [4.78, 5) is 2.20. The van der Waals surface area contributed by atoms with E-state index < -0.39 is 9.84 Å². The fourth-order valence-electron chi connectivity index (χ4n) is 2.91. The van der Waals surface area contributed by atoms with Crippen LogP contribution in [0.15, 0.2) is 24.3 Å². The van der Waals surface area contributed by atoms with E-state index in [1.165, 1.54) is 11.3 Å². The van der Waals surface area contributed by atoms with Gasteiger partial charge < -0.3 is 10.6 Å². The molecule has 2 N–H and O–H groups in total. The van der Waals surface area contributed by atoms with Crippen LogP contribution < -0.4 is 10.6 Å². The van der Waals surface area contributed by atoms with E-state index in [0.717, 1.165) is 13.0 Å². The molecule has 1 aromatic rings. The molecule has 4 nitrogen and oxygen atoms in total. The minimum Gasteiger partial charge on any atom is -0.370 e. The van der Waals surface area contributed by atoms with E-state index in [2.05, 4.69) is 17.0 Å². The van der Waals surface area contributed by atoms with Crippen LogP contribution in [-0.2, 0) is 9.84 Å². The van der Waals surface area contributed by atoms with Crippen molar-refractivity contribution < 1.29 is 8.42 Å². The van der Waals surface area contributed by atoms with Crippen molar-refractivity contribution in [3.8, 4) is 0 Å². The molecule has 0 fully saturated rings. The van der Waals surface area contributed by atoms with E-state index in [1.807, 2.05) is 19.1 Å². The van der Waals surface area contributed by atoms with E-state index in [0.29, 0.717) is 25.4 Å². The Morgan fingerprint density at radius 1 is 1.30 bits per heavy atom. The average molecular weight is 296 g/mol. The number of hydrogen-bond donors (Lipinski definition) is 1. The van der Waals surface area contributed by atoms with Gasteiger partial charge in [0.2, 0.25) is 0 Å². The van der Waals surface area contributed by atoms with Crippen molar-refractivity contribution in [2.24, 2.45) is 5.73 Å². The second-order valence-corrected chi connectivity index (χ2v) is 7.73. The first-order valence-electron chi connectivity index (χ1n) is 7.31. The van der Waals surface area contributed by atoms with E-state index in [4.69, 9.17) is 5.73 Å². The maximum Gasteiger partial charge on any atom is 0.152 e. The van der Waals surface area contributed by atoms with Crippen molar-refractivity contribution in [3.05, 3.63) is 29.8 Å². The molecule has 0 aliphatic carbocycles. The number of sulfone groups is 1. The smallest absolute Gasteiger partial charge is 0.152 e. The number of para-hydroxylation sites is 1. The molecule has 0 spiro atoms. The lowest BCUT2D eigenvalue weighted by atomic mass is 9.98. The summed E-state index contributed by atoms with van der Waals surface area (Å²) in [6.45, 7) is 4.04. The molecule has 1 heterocycles. The molecule has 0 amide bonds. The molecule has 5 heteroatoms. The lowest BCUT2D eigenvalue weighted by Gasteiger charge is -2.19. The highest BCUT2D eigenvalue weighted by Gasteiger charge is 2.28. The number of fused-ring (bicyclic) bond motifs is 1. The molecular weight excluding hydrogens is 272 g/mol. The van der Waals surface area contributed by atoms with Crippen LogP contribution in [0.3, 0.4) is 0 Å². The molecule has 1 aliphatic heterocycles. The molecule has 0 bridgehead atoms. The Morgan fingerprint density at radius 3 is 2.75 bits per heavy atom. The average Bonchev–Trinajstić information content (AvgIpc) is 2.76. The summed E-state index contributed by atoms with van der Waals surface area (Å²) >= 11 is 0. The predicted octanol–water partition coefficient (Wildman–Crippen LogP) is 1.76. The van der Waals surface area contributed by atoms with Gasteiger partial charge in [0.15, 0.2) is 9.84 Å². The van der Waals surface area contributed by atoms with Crippen LogP contribution in [0.2, 0.25) is 0 Å². The fourth-order valence-corrected chi connectivity index (χ4v) is 4.23. The largest absolute Gasteiger partial charge is 0.370 e. The van der Waals surface area contributed by atoms with Gasteiger partial charge >= 0.3 is 0 Å². The van der Waals surface area contributed by atoms with Gasteiger partial charge in [-0.25, -0.2) is 8.42 Å². The zero-order valence-corrected chi connectivity index (χ0v) is 12.9. The van der Waals surface area contributed by atoms with Crippen molar-refractivity contribution in [1.82, 2.24) is 0 Å². The Kier molecular flexibility index (Phi) is 5.05. The third kappa shape index (κ3) is 3.52. The second kappa shape index (κ2) is 6.59. The fraction of sp³-hybridized carbons (Fsp3) is 0.600. The number of anilines is 1. The summed E-state index contributed by atoms with van der Waals surface area (Å²) in [5, 5.41) is 0. The van der Waals surface area contributed by atoms with Crippen LogP contribution in [0, 0.1) is 0 Å². The van der Waals surface area contributed by atoms with Crippen molar-refractivity contribution in [2.45, 2.75) is 25.7 Å². The second-order valence-electron chi connectivity index (χ2n) is 5.43. The van der Waals surface area contributed by atoms with Crippen LogP contribution in [0.25, 0.3) is 0 Å². The maximum atomic E-state index is 11.9.